The summed E-state index contributed by atoms with van der Waals surface area (Å²) in [6, 6.07) is 8.12. The summed E-state index contributed by atoms with van der Waals surface area (Å²) in [7, 11) is 2.01. The van der Waals surface area contributed by atoms with Crippen molar-refractivity contribution in [2.24, 2.45) is 0 Å². The minimum Gasteiger partial charge on any atom is -0.399 e. The van der Waals surface area contributed by atoms with Gasteiger partial charge in [0.1, 0.15) is 0 Å². The Labute approximate surface area is 97.9 Å². The van der Waals surface area contributed by atoms with Crippen molar-refractivity contribution in [3.63, 3.8) is 0 Å². The number of hydrogen-bond donors (Lipinski definition) is 2. The first kappa shape index (κ1) is 13.0. The highest BCUT2D eigenvalue weighted by Gasteiger charge is 2.20. The maximum atomic E-state index is 9.77. The molecule has 3 heteroatoms. The molecule has 3 N–H and O–H groups in total. The van der Waals surface area contributed by atoms with E-state index in [4.69, 9.17) is 5.73 Å². The molecule has 1 aromatic carbocycles. The first-order valence-electron chi connectivity index (χ1n) is 5.57. The third kappa shape index (κ3) is 3.83. The van der Waals surface area contributed by atoms with Crippen molar-refractivity contribution in [2.75, 3.05) is 19.3 Å². The van der Waals surface area contributed by atoms with Crippen LogP contribution in [0, 0.1) is 0 Å². The van der Waals surface area contributed by atoms with E-state index in [1.807, 2.05) is 39.1 Å². The molecule has 1 aromatic rings. The standard InChI is InChI=1S/C13H22N2O/c1-10(15(4)9-13(2,3)16)11-6-5-7-12(14)8-11/h5-8,10,16H,9,14H2,1-4H3. The first-order chi connectivity index (χ1) is 7.29. The van der Waals surface area contributed by atoms with Crippen LogP contribution in [-0.2, 0) is 0 Å². The summed E-state index contributed by atoms with van der Waals surface area (Å²) < 4.78 is 0. The average molecular weight is 222 g/mol. The molecule has 0 radical (unpaired) electrons. The molecule has 0 aliphatic heterocycles. The number of benzene rings is 1. The van der Waals surface area contributed by atoms with Crippen LogP contribution < -0.4 is 5.73 Å². The molecule has 0 aromatic heterocycles. The summed E-state index contributed by atoms with van der Waals surface area (Å²) in [6.45, 7) is 6.37. The predicted octanol–water partition coefficient (Wildman–Crippen LogP) is 2.03. The van der Waals surface area contributed by atoms with Crippen LogP contribution >= 0.6 is 0 Å². The molecule has 3 nitrogen and oxygen atoms in total. The molecule has 1 atom stereocenters. The summed E-state index contributed by atoms with van der Waals surface area (Å²) in [4.78, 5) is 2.12. The number of nitrogens with zero attached hydrogens (tertiary/aromatic N) is 1. The maximum Gasteiger partial charge on any atom is 0.0718 e. The number of likely N-dealkylation sites (N-methyl/N-ethyl adjacent to an activating group) is 1. The van der Waals surface area contributed by atoms with Gasteiger partial charge in [-0.15, -0.1) is 0 Å². The molecular weight excluding hydrogens is 200 g/mol. The van der Waals surface area contributed by atoms with Crippen molar-refractivity contribution >= 4 is 5.69 Å². The van der Waals surface area contributed by atoms with E-state index in [1.54, 1.807) is 0 Å². The van der Waals surface area contributed by atoms with E-state index in [9.17, 15) is 5.11 Å². The van der Waals surface area contributed by atoms with Crippen molar-refractivity contribution in [2.45, 2.75) is 32.4 Å². The Morgan fingerprint density at radius 3 is 2.56 bits per heavy atom. The van der Waals surface area contributed by atoms with Gasteiger partial charge in [-0.05, 0) is 45.5 Å². The van der Waals surface area contributed by atoms with Crippen LogP contribution in [0.2, 0.25) is 0 Å². The zero-order chi connectivity index (χ0) is 12.3. The molecule has 0 amide bonds. The lowest BCUT2D eigenvalue weighted by Gasteiger charge is -2.30. The van der Waals surface area contributed by atoms with Gasteiger partial charge in [0.25, 0.3) is 0 Å². The van der Waals surface area contributed by atoms with E-state index in [0.717, 1.165) is 5.69 Å². The average Bonchev–Trinajstić information content (AvgIpc) is 2.14. The van der Waals surface area contributed by atoms with Gasteiger partial charge in [0.05, 0.1) is 5.60 Å². The molecule has 0 fully saturated rings. The van der Waals surface area contributed by atoms with Crippen molar-refractivity contribution in [1.82, 2.24) is 4.90 Å². The molecule has 0 saturated carbocycles. The summed E-state index contributed by atoms with van der Waals surface area (Å²) in [6.07, 6.45) is 0. The minimum atomic E-state index is -0.677. The van der Waals surface area contributed by atoms with Gasteiger partial charge in [-0.25, -0.2) is 0 Å². The molecule has 0 heterocycles. The molecule has 0 saturated heterocycles. The molecule has 16 heavy (non-hydrogen) atoms. The molecular formula is C13H22N2O. The second-order valence-electron chi connectivity index (χ2n) is 5.07. The van der Waals surface area contributed by atoms with Gasteiger partial charge in [0.15, 0.2) is 0 Å². The van der Waals surface area contributed by atoms with E-state index in [1.165, 1.54) is 5.56 Å². The van der Waals surface area contributed by atoms with Crippen LogP contribution in [0.1, 0.15) is 32.4 Å². The topological polar surface area (TPSA) is 49.5 Å². The van der Waals surface area contributed by atoms with Gasteiger partial charge in [0, 0.05) is 18.3 Å². The van der Waals surface area contributed by atoms with E-state index in [-0.39, 0.29) is 6.04 Å². The maximum absolute atomic E-state index is 9.77. The minimum absolute atomic E-state index is 0.245. The molecule has 1 unspecified atom stereocenters. The Morgan fingerprint density at radius 1 is 1.44 bits per heavy atom. The fraction of sp³-hybridized carbons (Fsp3) is 0.538. The van der Waals surface area contributed by atoms with Crippen LogP contribution in [0.15, 0.2) is 24.3 Å². The number of anilines is 1. The lowest BCUT2D eigenvalue weighted by atomic mass is 10.0. The lowest BCUT2D eigenvalue weighted by Crippen LogP contribution is -2.37. The van der Waals surface area contributed by atoms with Crippen LogP contribution in [0.5, 0.6) is 0 Å². The number of rotatable bonds is 4. The van der Waals surface area contributed by atoms with Crippen molar-refractivity contribution in [1.29, 1.82) is 0 Å². The first-order valence-corrected chi connectivity index (χ1v) is 5.57. The summed E-state index contributed by atoms with van der Waals surface area (Å²) >= 11 is 0. The zero-order valence-corrected chi connectivity index (χ0v) is 10.6. The van der Waals surface area contributed by atoms with Crippen LogP contribution in [-0.4, -0.2) is 29.2 Å². The number of nitrogens with two attached hydrogens (primary N) is 1. The number of aliphatic hydroxyl groups is 1. The third-order valence-corrected chi connectivity index (χ3v) is 2.69. The largest absolute Gasteiger partial charge is 0.399 e. The molecule has 0 bridgehead atoms. The smallest absolute Gasteiger partial charge is 0.0718 e. The molecule has 1 rings (SSSR count). The van der Waals surface area contributed by atoms with Crippen LogP contribution in [0.4, 0.5) is 5.69 Å². The summed E-state index contributed by atoms with van der Waals surface area (Å²) in [5, 5.41) is 9.77. The monoisotopic (exact) mass is 222 g/mol. The lowest BCUT2D eigenvalue weighted by molar-refractivity contribution is 0.0334. The summed E-state index contributed by atoms with van der Waals surface area (Å²) in [5.74, 6) is 0. The molecule has 0 aliphatic carbocycles. The Bertz CT molecular complexity index is 344. The van der Waals surface area contributed by atoms with Crippen LogP contribution in [0.3, 0.4) is 0 Å². The van der Waals surface area contributed by atoms with E-state index < -0.39 is 5.60 Å². The molecule has 0 aliphatic rings. The van der Waals surface area contributed by atoms with Gasteiger partial charge < -0.3 is 10.8 Å². The Hall–Kier alpha value is -1.06. The fourth-order valence-electron chi connectivity index (χ4n) is 1.82. The Kier molecular flexibility index (Phi) is 3.94. The highest BCUT2D eigenvalue weighted by atomic mass is 16.3. The number of hydrogen-bond acceptors (Lipinski definition) is 3. The highest BCUT2D eigenvalue weighted by Crippen LogP contribution is 2.22. The second-order valence-corrected chi connectivity index (χ2v) is 5.07. The van der Waals surface area contributed by atoms with Crippen molar-refractivity contribution < 1.29 is 5.11 Å². The van der Waals surface area contributed by atoms with Crippen molar-refractivity contribution in [3.05, 3.63) is 29.8 Å². The Morgan fingerprint density at radius 2 is 2.06 bits per heavy atom. The highest BCUT2D eigenvalue weighted by molar-refractivity contribution is 5.41. The number of nitrogen functional groups attached to an aromatic ring is 1. The normalized spacial score (nSPS) is 14.1. The second kappa shape index (κ2) is 4.85. The van der Waals surface area contributed by atoms with E-state index in [0.29, 0.717) is 6.54 Å². The van der Waals surface area contributed by atoms with Crippen molar-refractivity contribution in [3.8, 4) is 0 Å². The van der Waals surface area contributed by atoms with Crippen LogP contribution in [0.25, 0.3) is 0 Å². The molecule has 0 spiro atoms. The fourth-order valence-corrected chi connectivity index (χ4v) is 1.82. The third-order valence-electron chi connectivity index (χ3n) is 2.69. The van der Waals surface area contributed by atoms with Gasteiger partial charge >= 0.3 is 0 Å². The Balaban J connectivity index is 2.74. The van der Waals surface area contributed by atoms with Gasteiger partial charge in [-0.1, -0.05) is 12.1 Å². The molecule has 90 valence electrons. The SMILES string of the molecule is CC(c1cccc(N)c1)N(C)CC(C)(C)O. The summed E-state index contributed by atoms with van der Waals surface area (Å²) in [5.41, 5.74) is 7.03. The van der Waals surface area contributed by atoms with E-state index in [2.05, 4.69) is 17.9 Å². The zero-order valence-electron chi connectivity index (χ0n) is 10.6. The van der Waals surface area contributed by atoms with Gasteiger partial charge in [-0.2, -0.15) is 0 Å². The van der Waals surface area contributed by atoms with E-state index >= 15 is 0 Å². The quantitative estimate of drug-likeness (QED) is 0.766. The van der Waals surface area contributed by atoms with Gasteiger partial charge in [-0.3, -0.25) is 4.90 Å². The predicted molar refractivity (Wildman–Crippen MR) is 68.2 cm³/mol. The van der Waals surface area contributed by atoms with Gasteiger partial charge in [0.2, 0.25) is 0 Å².